The minimum Gasteiger partial charge on any atom is -0.465 e. The van der Waals surface area contributed by atoms with E-state index in [-0.39, 0.29) is 13.2 Å². The second kappa shape index (κ2) is 5.38. The molecule has 0 bridgehead atoms. The Balaban J connectivity index is 2.47. The molecule has 1 saturated carbocycles. The van der Waals surface area contributed by atoms with Gasteiger partial charge in [-0.25, -0.2) is 12.8 Å². The number of carbonyl (C=O) groups is 1. The molecule has 3 atom stereocenters. The summed E-state index contributed by atoms with van der Waals surface area (Å²) >= 11 is 0. The number of sulfone groups is 1. The lowest BCUT2D eigenvalue weighted by molar-refractivity contribution is -0.149. The highest BCUT2D eigenvalue weighted by Gasteiger charge is 2.74. The zero-order valence-corrected chi connectivity index (χ0v) is 12.7. The van der Waals surface area contributed by atoms with Crippen LogP contribution in [0.2, 0.25) is 0 Å². The first kappa shape index (κ1) is 15.9. The van der Waals surface area contributed by atoms with Gasteiger partial charge < -0.3 is 10.5 Å². The van der Waals surface area contributed by atoms with E-state index < -0.39 is 38.2 Å². The van der Waals surface area contributed by atoms with Gasteiger partial charge >= 0.3 is 5.97 Å². The molecule has 1 aliphatic carbocycles. The summed E-state index contributed by atoms with van der Waals surface area (Å²) in [5.74, 6) is -1.64. The Morgan fingerprint density at radius 2 is 1.95 bits per heavy atom. The summed E-state index contributed by atoms with van der Waals surface area (Å²) in [6, 6.07) is 5.43. The number of esters is 1. The molecule has 0 aliphatic heterocycles. The number of benzene rings is 1. The quantitative estimate of drug-likeness (QED) is 0.814. The molecule has 2 N–H and O–H groups in total. The van der Waals surface area contributed by atoms with Crippen molar-refractivity contribution in [3.05, 3.63) is 35.6 Å². The molecule has 1 aliphatic rings. The number of ether oxygens (including phenoxy) is 1. The fourth-order valence-electron chi connectivity index (χ4n) is 3.01. The zero-order valence-electron chi connectivity index (χ0n) is 11.9. The van der Waals surface area contributed by atoms with Crippen molar-refractivity contribution in [3.8, 4) is 0 Å². The largest absolute Gasteiger partial charge is 0.465 e. The standard InChI is InChI=1S/C14H18FNO4S/c1-3-20-13(17)14(8-16)11(12(14)21(2,18)19)9-4-6-10(15)7-5-9/h4-7,11-12H,3,8,16H2,1-2H3/t11-,12-,14+/m0/s1. The molecule has 1 fully saturated rings. The topological polar surface area (TPSA) is 86.5 Å². The Morgan fingerprint density at radius 3 is 2.38 bits per heavy atom. The predicted molar refractivity (Wildman–Crippen MR) is 75.9 cm³/mol. The molecular formula is C14H18FNO4S. The van der Waals surface area contributed by atoms with Gasteiger partial charge in [-0.1, -0.05) is 12.1 Å². The molecule has 1 aromatic carbocycles. The molecule has 5 nitrogen and oxygen atoms in total. The summed E-state index contributed by atoms with van der Waals surface area (Å²) < 4.78 is 42.0. The fraction of sp³-hybridized carbons (Fsp3) is 0.500. The van der Waals surface area contributed by atoms with E-state index in [1.807, 2.05) is 0 Å². The number of hydrogen-bond donors (Lipinski definition) is 1. The molecule has 2 rings (SSSR count). The van der Waals surface area contributed by atoms with Crippen LogP contribution >= 0.6 is 0 Å². The second-order valence-corrected chi connectivity index (χ2v) is 7.41. The van der Waals surface area contributed by atoms with E-state index in [0.29, 0.717) is 5.56 Å². The van der Waals surface area contributed by atoms with Gasteiger partial charge in [0.15, 0.2) is 9.84 Å². The lowest BCUT2D eigenvalue weighted by Gasteiger charge is -2.14. The molecule has 0 amide bonds. The van der Waals surface area contributed by atoms with Crippen molar-refractivity contribution >= 4 is 15.8 Å². The fourth-order valence-corrected chi connectivity index (χ4v) is 4.93. The lowest BCUT2D eigenvalue weighted by atomic mass is 9.99. The third-order valence-electron chi connectivity index (χ3n) is 3.94. The Bertz CT molecular complexity index is 643. The van der Waals surface area contributed by atoms with Gasteiger partial charge in [-0.2, -0.15) is 0 Å². The molecule has 0 radical (unpaired) electrons. The van der Waals surface area contributed by atoms with Gasteiger partial charge in [-0.15, -0.1) is 0 Å². The van der Waals surface area contributed by atoms with Crippen LogP contribution < -0.4 is 5.73 Å². The highest BCUT2D eigenvalue weighted by molar-refractivity contribution is 7.91. The van der Waals surface area contributed by atoms with E-state index in [4.69, 9.17) is 10.5 Å². The zero-order chi connectivity index (χ0) is 15.8. The van der Waals surface area contributed by atoms with Gasteiger partial charge in [0.2, 0.25) is 0 Å². The van der Waals surface area contributed by atoms with Crippen molar-refractivity contribution in [3.63, 3.8) is 0 Å². The van der Waals surface area contributed by atoms with Gasteiger partial charge in [0.1, 0.15) is 11.2 Å². The molecule has 0 saturated heterocycles. The molecule has 0 spiro atoms. The van der Waals surface area contributed by atoms with Gasteiger partial charge in [-0.05, 0) is 24.6 Å². The van der Waals surface area contributed by atoms with Crippen LogP contribution in [0.3, 0.4) is 0 Å². The molecular weight excluding hydrogens is 297 g/mol. The molecule has 0 unspecified atom stereocenters. The summed E-state index contributed by atoms with van der Waals surface area (Å²) in [7, 11) is -3.49. The van der Waals surface area contributed by atoms with E-state index in [9.17, 15) is 17.6 Å². The number of halogens is 1. The molecule has 7 heteroatoms. The smallest absolute Gasteiger partial charge is 0.315 e. The predicted octanol–water partition coefficient (Wildman–Crippen LogP) is 0.844. The third kappa shape index (κ3) is 2.55. The highest BCUT2D eigenvalue weighted by Crippen LogP contribution is 2.62. The van der Waals surface area contributed by atoms with E-state index >= 15 is 0 Å². The van der Waals surface area contributed by atoms with Crippen LogP contribution in [-0.2, 0) is 19.4 Å². The summed E-state index contributed by atoms with van der Waals surface area (Å²) in [5.41, 5.74) is 5.00. The van der Waals surface area contributed by atoms with Crippen LogP contribution in [0.4, 0.5) is 4.39 Å². The maximum atomic E-state index is 13.0. The van der Waals surface area contributed by atoms with Crippen molar-refractivity contribution in [2.75, 3.05) is 19.4 Å². The number of nitrogens with two attached hydrogens (primary N) is 1. The van der Waals surface area contributed by atoms with Gasteiger partial charge in [0.25, 0.3) is 0 Å². The van der Waals surface area contributed by atoms with Crippen molar-refractivity contribution in [1.29, 1.82) is 0 Å². The van der Waals surface area contributed by atoms with Crippen LogP contribution in [-0.4, -0.2) is 39.0 Å². The van der Waals surface area contributed by atoms with E-state index in [0.717, 1.165) is 6.26 Å². The maximum absolute atomic E-state index is 13.0. The first-order valence-electron chi connectivity index (χ1n) is 6.60. The average Bonchev–Trinajstić information content (AvgIpc) is 3.10. The number of carbonyl (C=O) groups excluding carboxylic acids is 1. The summed E-state index contributed by atoms with van der Waals surface area (Å²) in [6.07, 6.45) is 1.07. The Labute approximate surface area is 123 Å². The third-order valence-corrected chi connectivity index (χ3v) is 5.56. The normalized spacial score (nSPS) is 28.2. The molecule has 21 heavy (non-hydrogen) atoms. The average molecular weight is 315 g/mol. The highest BCUT2D eigenvalue weighted by atomic mass is 32.2. The van der Waals surface area contributed by atoms with Gasteiger partial charge in [0.05, 0.1) is 11.9 Å². The van der Waals surface area contributed by atoms with E-state index in [1.54, 1.807) is 6.92 Å². The van der Waals surface area contributed by atoms with Gasteiger partial charge in [0, 0.05) is 18.7 Å². The first-order chi connectivity index (χ1) is 9.79. The first-order valence-corrected chi connectivity index (χ1v) is 8.56. The maximum Gasteiger partial charge on any atom is 0.315 e. The molecule has 0 aromatic heterocycles. The summed E-state index contributed by atoms with van der Waals surface area (Å²) in [5, 5.41) is -0.931. The number of rotatable bonds is 5. The SMILES string of the molecule is CCOC(=O)[C@]1(CN)[C@@H](c2ccc(F)cc2)[C@@H]1S(C)(=O)=O. The Morgan fingerprint density at radius 1 is 1.38 bits per heavy atom. The molecule has 116 valence electrons. The van der Waals surface area contributed by atoms with Crippen LogP contribution in [0.25, 0.3) is 0 Å². The van der Waals surface area contributed by atoms with E-state index in [1.165, 1.54) is 24.3 Å². The van der Waals surface area contributed by atoms with Crippen molar-refractivity contribution in [2.45, 2.75) is 18.1 Å². The van der Waals surface area contributed by atoms with Crippen molar-refractivity contribution < 1.29 is 22.3 Å². The Kier molecular flexibility index (Phi) is 4.08. The summed E-state index contributed by atoms with van der Waals surface area (Å²) in [4.78, 5) is 12.2. The summed E-state index contributed by atoms with van der Waals surface area (Å²) in [6.45, 7) is 1.66. The van der Waals surface area contributed by atoms with Crippen molar-refractivity contribution in [2.24, 2.45) is 11.1 Å². The van der Waals surface area contributed by atoms with Crippen molar-refractivity contribution in [1.82, 2.24) is 0 Å². The number of hydrogen-bond acceptors (Lipinski definition) is 5. The molecule has 0 heterocycles. The minimum absolute atomic E-state index is 0.133. The second-order valence-electron chi connectivity index (χ2n) is 5.24. The van der Waals surface area contributed by atoms with Crippen LogP contribution in [0.15, 0.2) is 24.3 Å². The molecule has 1 aromatic rings. The minimum atomic E-state index is -3.49. The van der Waals surface area contributed by atoms with E-state index in [2.05, 4.69) is 0 Å². The van der Waals surface area contributed by atoms with Crippen LogP contribution in [0.1, 0.15) is 18.4 Å². The van der Waals surface area contributed by atoms with Crippen LogP contribution in [0, 0.1) is 11.2 Å². The van der Waals surface area contributed by atoms with Gasteiger partial charge in [-0.3, -0.25) is 4.79 Å². The lowest BCUT2D eigenvalue weighted by Crippen LogP contribution is -2.33. The monoisotopic (exact) mass is 315 g/mol. The Hall–Kier alpha value is -1.47. The van der Waals surface area contributed by atoms with Crippen LogP contribution in [0.5, 0.6) is 0 Å².